The van der Waals surface area contributed by atoms with Crippen LogP contribution < -0.4 is 0 Å². The Kier molecular flexibility index (Phi) is 5.41. The van der Waals surface area contributed by atoms with Gasteiger partial charge in [-0.15, -0.1) is 11.8 Å². The average Bonchev–Trinajstić information content (AvgIpc) is 3.14. The Balaban J connectivity index is 1.53. The lowest BCUT2D eigenvalue weighted by Crippen LogP contribution is -2.31. The summed E-state index contributed by atoms with van der Waals surface area (Å²) in [5.41, 5.74) is 1.10. The van der Waals surface area contributed by atoms with E-state index in [4.69, 9.17) is 0 Å². The molecule has 5 heteroatoms. The first kappa shape index (κ1) is 16.8. The minimum atomic E-state index is 0.0170. The van der Waals surface area contributed by atoms with Gasteiger partial charge < -0.3 is 9.80 Å². The van der Waals surface area contributed by atoms with Gasteiger partial charge in [-0.2, -0.15) is 0 Å². The van der Waals surface area contributed by atoms with Crippen LogP contribution in [0, 0.1) is 0 Å². The number of hydrogen-bond donors (Lipinski definition) is 0. The SMILES string of the molecule is CN(Cc1ccc2ccccc2c1)C(=O)CCC(=O)N1CCSC1. The van der Waals surface area contributed by atoms with Crippen molar-refractivity contribution in [3.8, 4) is 0 Å². The molecule has 0 unspecified atom stereocenters. The number of hydrogen-bond acceptors (Lipinski definition) is 3. The predicted octanol–water partition coefficient (Wildman–Crippen LogP) is 3.11. The van der Waals surface area contributed by atoms with Gasteiger partial charge in [-0.25, -0.2) is 0 Å². The van der Waals surface area contributed by atoms with E-state index in [1.54, 1.807) is 23.7 Å². The van der Waals surface area contributed by atoms with Crippen LogP contribution in [0.5, 0.6) is 0 Å². The first-order valence-corrected chi connectivity index (χ1v) is 9.36. The third-order valence-corrected chi connectivity index (χ3v) is 5.28. The Labute approximate surface area is 146 Å². The molecule has 2 aromatic rings. The summed E-state index contributed by atoms with van der Waals surface area (Å²) < 4.78 is 0. The molecule has 1 aliphatic heterocycles. The fourth-order valence-electron chi connectivity index (χ4n) is 2.87. The summed E-state index contributed by atoms with van der Waals surface area (Å²) in [5, 5.41) is 2.38. The number of carbonyl (C=O) groups excluding carboxylic acids is 2. The van der Waals surface area contributed by atoms with Gasteiger partial charge in [0.25, 0.3) is 0 Å². The quantitative estimate of drug-likeness (QED) is 0.838. The molecule has 2 amide bonds. The Morgan fingerprint density at radius 1 is 1.12 bits per heavy atom. The molecular formula is C19H22N2O2S. The van der Waals surface area contributed by atoms with Crippen molar-refractivity contribution in [3.63, 3.8) is 0 Å². The predicted molar refractivity (Wildman–Crippen MR) is 98.7 cm³/mol. The topological polar surface area (TPSA) is 40.6 Å². The minimum Gasteiger partial charge on any atom is -0.341 e. The van der Waals surface area contributed by atoms with Crippen LogP contribution >= 0.6 is 11.8 Å². The van der Waals surface area contributed by atoms with Gasteiger partial charge >= 0.3 is 0 Å². The molecule has 1 heterocycles. The maximum absolute atomic E-state index is 12.3. The van der Waals surface area contributed by atoms with Crippen molar-refractivity contribution in [1.82, 2.24) is 9.80 Å². The molecule has 0 bridgehead atoms. The maximum Gasteiger partial charge on any atom is 0.223 e. The van der Waals surface area contributed by atoms with Crippen molar-refractivity contribution in [1.29, 1.82) is 0 Å². The van der Waals surface area contributed by atoms with E-state index in [9.17, 15) is 9.59 Å². The maximum atomic E-state index is 12.3. The van der Waals surface area contributed by atoms with Crippen molar-refractivity contribution >= 4 is 34.3 Å². The summed E-state index contributed by atoms with van der Waals surface area (Å²) in [6, 6.07) is 14.4. The lowest BCUT2D eigenvalue weighted by molar-refractivity contribution is -0.135. The van der Waals surface area contributed by atoms with Gasteiger partial charge in [-0.05, 0) is 22.4 Å². The molecule has 126 valence electrons. The number of nitrogens with zero attached hydrogens (tertiary/aromatic N) is 2. The number of amides is 2. The third kappa shape index (κ3) is 4.09. The summed E-state index contributed by atoms with van der Waals surface area (Å²) in [5.74, 6) is 1.87. The van der Waals surface area contributed by atoms with E-state index in [2.05, 4.69) is 30.3 Å². The van der Waals surface area contributed by atoms with Crippen molar-refractivity contribution in [2.24, 2.45) is 0 Å². The molecule has 3 rings (SSSR count). The van der Waals surface area contributed by atoms with E-state index in [1.165, 1.54) is 10.8 Å². The molecule has 1 aliphatic rings. The molecule has 0 aliphatic carbocycles. The van der Waals surface area contributed by atoms with E-state index >= 15 is 0 Å². The molecule has 1 saturated heterocycles. The number of thioether (sulfide) groups is 1. The lowest BCUT2D eigenvalue weighted by Gasteiger charge is -2.19. The van der Waals surface area contributed by atoms with Crippen LogP contribution in [0.2, 0.25) is 0 Å². The fraction of sp³-hybridized carbons (Fsp3) is 0.368. The zero-order valence-corrected chi connectivity index (χ0v) is 14.7. The van der Waals surface area contributed by atoms with Crippen LogP contribution in [0.4, 0.5) is 0 Å². The van der Waals surface area contributed by atoms with Gasteiger partial charge in [-0.3, -0.25) is 9.59 Å². The highest BCUT2D eigenvalue weighted by Crippen LogP contribution is 2.17. The van der Waals surface area contributed by atoms with Gasteiger partial charge in [-0.1, -0.05) is 36.4 Å². The molecule has 1 fully saturated rings. The summed E-state index contributed by atoms with van der Waals surface area (Å²) >= 11 is 1.76. The fourth-order valence-corrected chi connectivity index (χ4v) is 3.84. The summed E-state index contributed by atoms with van der Waals surface area (Å²) in [7, 11) is 1.80. The molecule has 0 saturated carbocycles. The normalized spacial score (nSPS) is 14.1. The zero-order chi connectivity index (χ0) is 16.9. The first-order valence-electron chi connectivity index (χ1n) is 8.20. The second-order valence-corrected chi connectivity index (χ2v) is 7.20. The van der Waals surface area contributed by atoms with E-state index in [0.29, 0.717) is 13.0 Å². The first-order chi connectivity index (χ1) is 11.6. The monoisotopic (exact) mass is 342 g/mol. The molecule has 0 aromatic heterocycles. The molecule has 0 atom stereocenters. The number of rotatable bonds is 5. The standard InChI is InChI=1S/C19H22N2O2S/c1-20(18(22)8-9-19(23)21-10-11-24-14-21)13-15-6-7-16-4-2-3-5-17(16)12-15/h2-7,12H,8-11,13-14H2,1H3. The van der Waals surface area contributed by atoms with Crippen LogP contribution in [-0.2, 0) is 16.1 Å². The van der Waals surface area contributed by atoms with Gasteiger partial charge in [0.1, 0.15) is 0 Å². The highest BCUT2D eigenvalue weighted by Gasteiger charge is 2.19. The Hall–Kier alpha value is -2.01. The summed E-state index contributed by atoms with van der Waals surface area (Å²) in [6.45, 7) is 1.38. The smallest absolute Gasteiger partial charge is 0.223 e. The highest BCUT2D eigenvalue weighted by atomic mass is 32.2. The zero-order valence-electron chi connectivity index (χ0n) is 13.9. The molecular weight excluding hydrogens is 320 g/mol. The molecule has 2 aromatic carbocycles. The Morgan fingerprint density at radius 3 is 2.67 bits per heavy atom. The second kappa shape index (κ2) is 7.71. The third-order valence-electron chi connectivity index (χ3n) is 4.32. The minimum absolute atomic E-state index is 0.0170. The molecule has 0 N–H and O–H groups in total. The van der Waals surface area contributed by atoms with Crippen LogP contribution in [0.15, 0.2) is 42.5 Å². The van der Waals surface area contributed by atoms with Crippen LogP contribution in [0.1, 0.15) is 18.4 Å². The second-order valence-electron chi connectivity index (χ2n) is 6.13. The average molecular weight is 342 g/mol. The van der Waals surface area contributed by atoms with Crippen molar-refractivity contribution in [2.45, 2.75) is 19.4 Å². The van der Waals surface area contributed by atoms with E-state index in [1.807, 2.05) is 17.0 Å². The molecule has 4 nitrogen and oxygen atoms in total. The van der Waals surface area contributed by atoms with Crippen molar-refractivity contribution < 1.29 is 9.59 Å². The summed E-state index contributed by atoms with van der Waals surface area (Å²) in [6.07, 6.45) is 0.589. The van der Waals surface area contributed by atoms with Gasteiger partial charge in [0.05, 0.1) is 5.88 Å². The van der Waals surface area contributed by atoms with E-state index in [-0.39, 0.29) is 18.2 Å². The van der Waals surface area contributed by atoms with Crippen LogP contribution in [0.3, 0.4) is 0 Å². The van der Waals surface area contributed by atoms with E-state index < -0.39 is 0 Å². The van der Waals surface area contributed by atoms with Gasteiger partial charge in [0.15, 0.2) is 0 Å². The van der Waals surface area contributed by atoms with Crippen molar-refractivity contribution in [3.05, 3.63) is 48.0 Å². The number of fused-ring (bicyclic) bond motifs is 1. The van der Waals surface area contributed by atoms with Crippen molar-refractivity contribution in [2.75, 3.05) is 25.2 Å². The lowest BCUT2D eigenvalue weighted by atomic mass is 10.1. The largest absolute Gasteiger partial charge is 0.341 e. The molecule has 0 radical (unpaired) electrons. The van der Waals surface area contributed by atoms with Gasteiger partial charge in [0, 0.05) is 38.7 Å². The summed E-state index contributed by atoms with van der Waals surface area (Å²) in [4.78, 5) is 27.8. The number of carbonyl (C=O) groups is 2. The highest BCUT2D eigenvalue weighted by molar-refractivity contribution is 7.99. The van der Waals surface area contributed by atoms with Gasteiger partial charge in [0.2, 0.25) is 11.8 Å². The Bertz CT molecular complexity index is 741. The van der Waals surface area contributed by atoms with Crippen LogP contribution in [0.25, 0.3) is 10.8 Å². The van der Waals surface area contributed by atoms with E-state index in [0.717, 1.165) is 23.7 Å². The molecule has 24 heavy (non-hydrogen) atoms. The molecule has 0 spiro atoms. The Morgan fingerprint density at radius 2 is 1.92 bits per heavy atom. The number of benzene rings is 2. The van der Waals surface area contributed by atoms with Crippen LogP contribution in [-0.4, -0.2) is 46.8 Å².